The van der Waals surface area contributed by atoms with Crippen LogP contribution in [0.25, 0.3) is 0 Å². The Hall–Kier alpha value is -4.16. The van der Waals surface area contributed by atoms with Gasteiger partial charge in [-0.05, 0) is 36.4 Å². The highest BCUT2D eigenvalue weighted by Gasteiger charge is 2.22. The number of sulfonamides is 1. The molecule has 2 N–H and O–H groups in total. The van der Waals surface area contributed by atoms with Gasteiger partial charge in [-0.25, -0.2) is 22.9 Å². The van der Waals surface area contributed by atoms with Crippen molar-refractivity contribution in [3.63, 3.8) is 0 Å². The molecule has 0 saturated heterocycles. The molecule has 0 saturated carbocycles. The summed E-state index contributed by atoms with van der Waals surface area (Å²) in [6.07, 6.45) is 0.00931. The fourth-order valence-corrected chi connectivity index (χ4v) is 3.94. The van der Waals surface area contributed by atoms with Crippen molar-refractivity contribution in [1.82, 2.24) is 15.0 Å². The molecule has 1 aromatic heterocycles. The molecule has 0 radical (unpaired) electrons. The highest BCUT2D eigenvalue weighted by atomic mass is 35.5. The first-order chi connectivity index (χ1) is 17.2. The summed E-state index contributed by atoms with van der Waals surface area (Å²) in [4.78, 5) is 39.4. The van der Waals surface area contributed by atoms with Crippen LogP contribution < -0.4 is 19.5 Å². The Balaban J connectivity index is 1.64. The molecule has 0 aliphatic heterocycles. The second-order valence-electron chi connectivity index (χ2n) is 6.93. The smallest absolute Gasteiger partial charge is 0.492 e. The summed E-state index contributed by atoms with van der Waals surface area (Å²) in [5, 5.41) is 2.62. The highest BCUT2D eigenvalue weighted by Crippen LogP contribution is 2.21. The zero-order chi connectivity index (χ0) is 26.1. The van der Waals surface area contributed by atoms with E-state index in [0.717, 1.165) is 25.4 Å². The van der Waals surface area contributed by atoms with Gasteiger partial charge in [0.05, 0.1) is 34.7 Å². The van der Waals surface area contributed by atoms with Crippen LogP contribution in [0.4, 0.5) is 4.79 Å². The second kappa shape index (κ2) is 12.0. The number of para-hydroxylation sites is 1. The van der Waals surface area contributed by atoms with Crippen molar-refractivity contribution < 1.29 is 37.0 Å². The standard InChI is InChI=1S/C23H20ClN3O8S/c1-33-23(30)35-20-10-7-15(14-26-20)21(28)27-36(31,32)17-8-9-19(24)18(13-17)22(29)25-11-12-34-16-5-3-2-4-6-16/h2-10,13-14H,11-12H2,1H3,(H,25,29)(H,27,28). The van der Waals surface area contributed by atoms with Crippen molar-refractivity contribution in [1.29, 1.82) is 0 Å². The number of halogens is 1. The number of methoxy groups -OCH3 is 1. The van der Waals surface area contributed by atoms with Crippen molar-refractivity contribution in [2.45, 2.75) is 4.90 Å². The molecule has 0 atom stereocenters. The monoisotopic (exact) mass is 533 g/mol. The van der Waals surface area contributed by atoms with Gasteiger partial charge in [0.15, 0.2) is 0 Å². The van der Waals surface area contributed by atoms with Crippen LogP contribution in [-0.2, 0) is 14.8 Å². The maximum absolute atomic E-state index is 12.7. The lowest BCUT2D eigenvalue weighted by atomic mass is 10.2. The summed E-state index contributed by atoms with van der Waals surface area (Å²) < 4.78 is 41.9. The Morgan fingerprint density at radius 3 is 2.42 bits per heavy atom. The Bertz CT molecular complexity index is 1350. The van der Waals surface area contributed by atoms with E-state index in [4.69, 9.17) is 21.1 Å². The molecule has 0 unspecified atom stereocenters. The summed E-state index contributed by atoms with van der Waals surface area (Å²) in [5.74, 6) is -1.13. The third kappa shape index (κ3) is 7.17. The minimum Gasteiger partial charge on any atom is -0.492 e. The van der Waals surface area contributed by atoms with E-state index in [1.165, 1.54) is 18.2 Å². The Labute approximate surface area is 211 Å². The van der Waals surface area contributed by atoms with Crippen LogP contribution >= 0.6 is 11.6 Å². The number of amides is 2. The first-order valence-corrected chi connectivity index (χ1v) is 12.1. The molecule has 3 aromatic rings. The first-order valence-electron chi connectivity index (χ1n) is 10.2. The third-order valence-corrected chi connectivity index (χ3v) is 6.13. The zero-order valence-corrected chi connectivity index (χ0v) is 20.3. The van der Waals surface area contributed by atoms with Crippen molar-refractivity contribution in [3.05, 3.63) is 83.0 Å². The van der Waals surface area contributed by atoms with Crippen LogP contribution in [0.15, 0.2) is 71.8 Å². The molecule has 0 spiro atoms. The number of pyridine rings is 1. The molecule has 11 nitrogen and oxygen atoms in total. The molecule has 2 aromatic carbocycles. The SMILES string of the molecule is COC(=O)Oc1ccc(C(=O)NS(=O)(=O)c2ccc(Cl)c(C(=O)NCCOc3ccccc3)c2)cn1. The number of nitrogens with zero attached hydrogens (tertiary/aromatic N) is 1. The van der Waals surface area contributed by atoms with Gasteiger partial charge in [-0.2, -0.15) is 0 Å². The molecule has 0 bridgehead atoms. The summed E-state index contributed by atoms with van der Waals surface area (Å²) >= 11 is 6.09. The van der Waals surface area contributed by atoms with Crippen LogP contribution in [0.3, 0.4) is 0 Å². The van der Waals surface area contributed by atoms with Gasteiger partial charge in [0.1, 0.15) is 12.4 Å². The lowest BCUT2D eigenvalue weighted by molar-refractivity contribution is 0.0945. The number of carbonyl (C=O) groups is 3. The number of benzene rings is 2. The van der Waals surface area contributed by atoms with Crippen molar-refractivity contribution >= 4 is 39.6 Å². The molecule has 3 rings (SSSR count). The van der Waals surface area contributed by atoms with Gasteiger partial charge in [0.2, 0.25) is 5.88 Å². The maximum Gasteiger partial charge on any atom is 0.514 e. The predicted octanol–water partition coefficient (Wildman–Crippen LogP) is 2.81. The van der Waals surface area contributed by atoms with E-state index in [2.05, 4.69) is 15.0 Å². The quantitative estimate of drug-likeness (QED) is 0.312. The van der Waals surface area contributed by atoms with Gasteiger partial charge in [-0.3, -0.25) is 9.59 Å². The number of nitrogens with one attached hydrogen (secondary N) is 2. The molecular weight excluding hydrogens is 514 g/mol. The van der Waals surface area contributed by atoms with Gasteiger partial charge in [-0.15, -0.1) is 0 Å². The fourth-order valence-electron chi connectivity index (χ4n) is 2.73. The van der Waals surface area contributed by atoms with Crippen LogP contribution in [0.5, 0.6) is 11.6 Å². The third-order valence-electron chi connectivity index (χ3n) is 4.47. The van der Waals surface area contributed by atoms with E-state index < -0.39 is 28.0 Å². The maximum atomic E-state index is 12.7. The van der Waals surface area contributed by atoms with E-state index in [9.17, 15) is 22.8 Å². The lowest BCUT2D eigenvalue weighted by Gasteiger charge is -2.11. The van der Waals surface area contributed by atoms with Gasteiger partial charge in [0, 0.05) is 12.3 Å². The molecular formula is C23H20ClN3O8S. The van der Waals surface area contributed by atoms with Crippen molar-refractivity contribution in [3.8, 4) is 11.6 Å². The predicted molar refractivity (Wildman–Crippen MR) is 128 cm³/mol. The van der Waals surface area contributed by atoms with E-state index in [1.807, 2.05) is 22.9 Å². The van der Waals surface area contributed by atoms with Crippen molar-refractivity contribution in [2.24, 2.45) is 0 Å². The van der Waals surface area contributed by atoms with E-state index >= 15 is 0 Å². The molecule has 2 amide bonds. The summed E-state index contributed by atoms with van der Waals surface area (Å²) in [7, 11) is -3.26. The highest BCUT2D eigenvalue weighted by molar-refractivity contribution is 7.90. The van der Waals surface area contributed by atoms with Gasteiger partial charge in [-0.1, -0.05) is 29.8 Å². The summed E-state index contributed by atoms with van der Waals surface area (Å²) in [6, 6.07) is 14.8. The van der Waals surface area contributed by atoms with Crippen LogP contribution in [-0.4, -0.2) is 51.6 Å². The second-order valence-corrected chi connectivity index (χ2v) is 9.02. The van der Waals surface area contributed by atoms with Crippen LogP contribution in [0, 0.1) is 0 Å². The molecule has 0 aliphatic rings. The molecule has 0 aliphatic carbocycles. The number of rotatable bonds is 9. The van der Waals surface area contributed by atoms with E-state index in [-0.39, 0.29) is 40.1 Å². The Kier molecular flexibility index (Phi) is 8.81. The summed E-state index contributed by atoms with van der Waals surface area (Å²) in [5.41, 5.74) is -0.223. The number of carbonyl (C=O) groups excluding carboxylic acids is 3. The van der Waals surface area contributed by atoms with E-state index in [1.54, 1.807) is 12.1 Å². The van der Waals surface area contributed by atoms with Gasteiger partial charge < -0.3 is 19.5 Å². The van der Waals surface area contributed by atoms with Crippen LogP contribution in [0.2, 0.25) is 5.02 Å². The average molecular weight is 534 g/mol. The number of hydrogen-bond donors (Lipinski definition) is 2. The van der Waals surface area contributed by atoms with Gasteiger partial charge >= 0.3 is 6.16 Å². The normalized spacial score (nSPS) is 10.7. The Morgan fingerprint density at radius 1 is 1.00 bits per heavy atom. The minimum absolute atomic E-state index is 0.0205. The van der Waals surface area contributed by atoms with Crippen molar-refractivity contribution in [2.75, 3.05) is 20.3 Å². The molecule has 0 fully saturated rings. The van der Waals surface area contributed by atoms with Gasteiger partial charge in [0.25, 0.3) is 21.8 Å². The summed E-state index contributed by atoms with van der Waals surface area (Å²) in [6.45, 7) is 0.319. The average Bonchev–Trinajstić information content (AvgIpc) is 2.87. The molecule has 36 heavy (non-hydrogen) atoms. The molecule has 1 heterocycles. The lowest BCUT2D eigenvalue weighted by Crippen LogP contribution is -2.31. The zero-order valence-electron chi connectivity index (χ0n) is 18.8. The topological polar surface area (TPSA) is 150 Å². The van der Waals surface area contributed by atoms with Crippen LogP contribution in [0.1, 0.15) is 20.7 Å². The number of hydrogen-bond acceptors (Lipinski definition) is 9. The molecule has 13 heteroatoms. The largest absolute Gasteiger partial charge is 0.514 e. The van der Waals surface area contributed by atoms with E-state index in [0.29, 0.717) is 5.75 Å². The minimum atomic E-state index is -4.37. The fraction of sp³-hybridized carbons (Fsp3) is 0.130. The Morgan fingerprint density at radius 2 is 1.75 bits per heavy atom. The molecule has 188 valence electrons. The number of aromatic nitrogens is 1. The first kappa shape index (κ1) is 26.4. The number of ether oxygens (including phenoxy) is 3.